The molecule has 1 aliphatic carbocycles. The van der Waals surface area contributed by atoms with E-state index in [0.717, 1.165) is 50.9 Å². The number of hydrogen-bond donors (Lipinski definition) is 3. The van der Waals surface area contributed by atoms with Gasteiger partial charge in [-0.3, -0.25) is 0 Å². The maximum atomic E-state index is 4.07. The van der Waals surface area contributed by atoms with Gasteiger partial charge in [0, 0.05) is 42.6 Å². The van der Waals surface area contributed by atoms with Crippen molar-refractivity contribution < 1.29 is 0 Å². The van der Waals surface area contributed by atoms with Crippen LogP contribution in [0.4, 0.5) is 5.69 Å². The molecule has 0 amide bonds. The SMILES string of the molecule is C=C.C=C(CCC)NCc1ccc(NC(C)C2=CC=C(CC)CC2)c(C)c1.C=NNCCC.CC.CC.CC.CCCC.CCc1ccc(C(CC(C)C)(c2ccccc2)c2ccc(C)cc2)cc1. The average molecular weight is 944 g/mol. The Labute approximate surface area is 428 Å². The van der Waals surface area contributed by atoms with E-state index in [1.807, 2.05) is 41.5 Å². The number of allylic oxidation sites excluding steroid dienone is 4. The summed E-state index contributed by atoms with van der Waals surface area (Å²) in [6.45, 7) is 51.4. The number of rotatable bonds is 19. The van der Waals surface area contributed by atoms with Crippen LogP contribution in [0.5, 0.6) is 0 Å². The molecule has 4 nitrogen and oxygen atoms in total. The van der Waals surface area contributed by atoms with E-state index < -0.39 is 0 Å². The Hall–Kier alpha value is -5.09. The fraction of sp³-hybridized carbons (Fsp3) is 0.492. The van der Waals surface area contributed by atoms with E-state index in [9.17, 15) is 0 Å². The Balaban J connectivity index is -0.000000942. The van der Waals surface area contributed by atoms with Gasteiger partial charge in [-0.25, -0.2) is 0 Å². The third-order valence-electron chi connectivity index (χ3n) is 11.4. The lowest BCUT2D eigenvalue weighted by Crippen LogP contribution is -2.31. The highest BCUT2D eigenvalue weighted by Crippen LogP contribution is 2.44. The highest BCUT2D eigenvalue weighted by Gasteiger charge is 2.36. The molecule has 3 N–H and O–H groups in total. The Bertz CT molecular complexity index is 1880. The summed E-state index contributed by atoms with van der Waals surface area (Å²) in [6.07, 6.45) is 16.3. The molecule has 0 aliphatic heterocycles. The van der Waals surface area contributed by atoms with Crippen LogP contribution < -0.4 is 16.1 Å². The first-order chi connectivity index (χ1) is 33.4. The van der Waals surface area contributed by atoms with Gasteiger partial charge in [0.15, 0.2) is 0 Å². The second kappa shape index (κ2) is 44.1. The number of hydrazone groups is 1. The third kappa shape index (κ3) is 27.0. The molecule has 0 aromatic heterocycles. The lowest BCUT2D eigenvalue weighted by molar-refractivity contribution is 0.453. The zero-order chi connectivity index (χ0) is 53.0. The number of aryl methyl sites for hydroxylation is 3. The molecular weight excluding hydrogens is 837 g/mol. The van der Waals surface area contributed by atoms with Crippen LogP contribution in [0, 0.1) is 19.8 Å². The molecule has 5 rings (SSSR count). The smallest absolute Gasteiger partial charge is 0.0453 e. The first-order valence-electron chi connectivity index (χ1n) is 27.0. The van der Waals surface area contributed by atoms with Gasteiger partial charge in [0.1, 0.15) is 0 Å². The van der Waals surface area contributed by atoms with E-state index in [-0.39, 0.29) is 5.41 Å². The van der Waals surface area contributed by atoms with Gasteiger partial charge < -0.3 is 16.1 Å². The first kappa shape index (κ1) is 68.2. The van der Waals surface area contributed by atoms with Crippen molar-refractivity contribution in [2.75, 3.05) is 11.9 Å². The van der Waals surface area contributed by atoms with Gasteiger partial charge in [0.25, 0.3) is 0 Å². The molecule has 1 aliphatic rings. The Kier molecular flexibility index (Phi) is 43.6. The monoisotopic (exact) mass is 943 g/mol. The van der Waals surface area contributed by atoms with Gasteiger partial charge >= 0.3 is 0 Å². The normalized spacial score (nSPS) is 12.0. The summed E-state index contributed by atoms with van der Waals surface area (Å²) in [5.41, 5.74) is 17.5. The second-order valence-electron chi connectivity index (χ2n) is 17.0. The molecule has 4 aromatic carbocycles. The number of benzene rings is 4. The Morgan fingerprint density at radius 3 is 1.59 bits per heavy atom. The lowest BCUT2D eigenvalue weighted by Gasteiger charge is -2.38. The van der Waals surface area contributed by atoms with E-state index in [1.165, 1.54) is 82.3 Å². The fourth-order valence-electron chi connectivity index (χ4n) is 7.54. The molecule has 2 unspecified atom stereocenters. The summed E-state index contributed by atoms with van der Waals surface area (Å²) in [5.74, 6) is 0.586. The first-order valence-corrected chi connectivity index (χ1v) is 27.0. The molecule has 0 fully saturated rings. The zero-order valence-electron chi connectivity index (χ0n) is 47.8. The van der Waals surface area contributed by atoms with Crippen LogP contribution in [-0.2, 0) is 18.4 Å². The molecule has 0 spiro atoms. The predicted molar refractivity (Wildman–Crippen MR) is 317 cm³/mol. The van der Waals surface area contributed by atoms with Crippen molar-refractivity contribution in [2.45, 2.75) is 200 Å². The summed E-state index contributed by atoms with van der Waals surface area (Å²) in [5, 5.41) is 10.5. The van der Waals surface area contributed by atoms with Gasteiger partial charge in [-0.2, -0.15) is 5.10 Å². The van der Waals surface area contributed by atoms with Gasteiger partial charge in [0.2, 0.25) is 0 Å². The highest BCUT2D eigenvalue weighted by molar-refractivity contribution is 5.54. The van der Waals surface area contributed by atoms with Crippen molar-refractivity contribution in [3.8, 4) is 0 Å². The molecule has 0 heterocycles. The predicted octanol–water partition coefficient (Wildman–Crippen LogP) is 19.5. The van der Waals surface area contributed by atoms with Crippen LogP contribution in [0.2, 0.25) is 0 Å². The molecular formula is C65H106N4. The van der Waals surface area contributed by atoms with Crippen molar-refractivity contribution in [1.82, 2.24) is 10.7 Å². The van der Waals surface area contributed by atoms with Gasteiger partial charge in [-0.05, 0) is 117 Å². The van der Waals surface area contributed by atoms with E-state index in [2.05, 4.69) is 233 Å². The van der Waals surface area contributed by atoms with E-state index >= 15 is 0 Å². The summed E-state index contributed by atoms with van der Waals surface area (Å²) < 4.78 is 0. The summed E-state index contributed by atoms with van der Waals surface area (Å²) >= 11 is 0. The fourth-order valence-corrected chi connectivity index (χ4v) is 7.54. The van der Waals surface area contributed by atoms with E-state index in [4.69, 9.17) is 0 Å². The van der Waals surface area contributed by atoms with Crippen LogP contribution in [0.25, 0.3) is 0 Å². The van der Waals surface area contributed by atoms with Crippen molar-refractivity contribution in [3.05, 3.63) is 185 Å². The van der Waals surface area contributed by atoms with Crippen LogP contribution in [0.3, 0.4) is 0 Å². The second-order valence-corrected chi connectivity index (χ2v) is 17.0. The number of nitrogens with one attached hydrogen (secondary N) is 3. The molecule has 0 saturated heterocycles. The minimum Gasteiger partial charge on any atom is -0.385 e. The summed E-state index contributed by atoms with van der Waals surface area (Å²) in [4.78, 5) is 0. The zero-order valence-corrected chi connectivity index (χ0v) is 47.8. The van der Waals surface area contributed by atoms with E-state index in [0.29, 0.717) is 12.0 Å². The minimum absolute atomic E-state index is 0.116. The van der Waals surface area contributed by atoms with Crippen molar-refractivity contribution >= 4 is 12.4 Å². The molecule has 0 bridgehead atoms. The van der Waals surface area contributed by atoms with Crippen LogP contribution in [0.15, 0.2) is 151 Å². The highest BCUT2D eigenvalue weighted by atomic mass is 15.3. The Morgan fingerprint density at radius 2 is 1.17 bits per heavy atom. The standard InChI is InChI=1S/C26H30.C23H34N2.C4H10N2.C4H10.3C2H6.C2H4/c1-5-22-13-17-25(18-14-22)26(19-20(2)3,23-9-7-6-8-10-23)24-15-11-21(4)12-16-24;1-6-8-18(4)24-16-21-11-14-23(17(3)15-21)25-19(5)22-12-9-20(7-2)10-13-22;1-3-4-6-5-2;1-3-4-2;4*1-2/h6-18,20H,5,19H2,1-4H3;9,11-12,14-15,19,24-25H,4,6-8,10,13,16H2,1-3,5H3;6H,2-4H2,1H3;3-4H2,1-2H3;3*1-2H3;1-2H2. The summed E-state index contributed by atoms with van der Waals surface area (Å²) in [6, 6.07) is 36.5. The van der Waals surface area contributed by atoms with Gasteiger partial charge in [-0.15, -0.1) is 13.2 Å². The number of hydrogen-bond acceptors (Lipinski definition) is 4. The molecule has 4 heteroatoms. The maximum Gasteiger partial charge on any atom is 0.0453 e. The van der Waals surface area contributed by atoms with Gasteiger partial charge in [0.05, 0.1) is 0 Å². The van der Waals surface area contributed by atoms with Gasteiger partial charge in [-0.1, -0.05) is 237 Å². The molecule has 69 heavy (non-hydrogen) atoms. The molecule has 2 atom stereocenters. The van der Waals surface area contributed by atoms with Crippen molar-refractivity contribution in [2.24, 2.45) is 11.0 Å². The molecule has 4 aromatic rings. The maximum absolute atomic E-state index is 4.07. The van der Waals surface area contributed by atoms with E-state index in [1.54, 1.807) is 5.57 Å². The topological polar surface area (TPSA) is 48.5 Å². The third-order valence-corrected chi connectivity index (χ3v) is 11.4. The van der Waals surface area contributed by atoms with Crippen LogP contribution in [-0.4, -0.2) is 19.3 Å². The quantitative estimate of drug-likeness (QED) is 0.0289. The summed E-state index contributed by atoms with van der Waals surface area (Å²) in [7, 11) is 0. The largest absolute Gasteiger partial charge is 0.385 e. The average Bonchev–Trinajstić information content (AvgIpc) is 3.40. The Morgan fingerprint density at radius 1 is 0.638 bits per heavy atom. The molecule has 0 radical (unpaired) electrons. The molecule has 0 saturated carbocycles. The van der Waals surface area contributed by atoms with Crippen molar-refractivity contribution in [1.29, 1.82) is 0 Å². The van der Waals surface area contributed by atoms with Crippen LogP contribution >= 0.6 is 0 Å². The minimum atomic E-state index is -0.116. The van der Waals surface area contributed by atoms with Crippen LogP contribution in [0.1, 0.15) is 201 Å². The lowest BCUT2D eigenvalue weighted by atomic mass is 9.65. The number of nitrogens with zero attached hydrogens (tertiary/aromatic N) is 1. The van der Waals surface area contributed by atoms with Crippen molar-refractivity contribution in [3.63, 3.8) is 0 Å². The number of anilines is 1. The number of unbranched alkanes of at least 4 members (excludes halogenated alkanes) is 1. The molecule has 386 valence electrons.